The molecule has 2 N–H and O–H groups in total. The van der Waals surface area contributed by atoms with E-state index in [9.17, 15) is 4.39 Å². The predicted molar refractivity (Wildman–Crippen MR) is 68.5 cm³/mol. The molecule has 0 unspecified atom stereocenters. The van der Waals surface area contributed by atoms with Crippen molar-refractivity contribution in [1.82, 2.24) is 4.98 Å². The van der Waals surface area contributed by atoms with Gasteiger partial charge >= 0.3 is 0 Å². The smallest absolute Gasteiger partial charge is 0.125 e. The lowest BCUT2D eigenvalue weighted by atomic mass is 10.3. The van der Waals surface area contributed by atoms with Gasteiger partial charge in [0.25, 0.3) is 0 Å². The molecule has 0 aliphatic rings. The summed E-state index contributed by atoms with van der Waals surface area (Å²) in [6.07, 6.45) is 0. The lowest BCUT2D eigenvalue weighted by Crippen LogP contribution is -2.16. The van der Waals surface area contributed by atoms with E-state index in [1.54, 1.807) is 17.4 Å². The van der Waals surface area contributed by atoms with Gasteiger partial charge in [0.2, 0.25) is 0 Å². The zero-order valence-electron chi connectivity index (χ0n) is 9.56. The van der Waals surface area contributed by atoms with Gasteiger partial charge in [0.05, 0.1) is 12.2 Å². The Kier molecular flexibility index (Phi) is 3.71. The van der Waals surface area contributed by atoms with Gasteiger partial charge < -0.3 is 10.6 Å². The summed E-state index contributed by atoms with van der Waals surface area (Å²) in [5, 5.41) is 2.91. The van der Waals surface area contributed by atoms with Gasteiger partial charge in [-0.2, -0.15) is 0 Å². The number of anilines is 1. The number of hydrogen-bond donors (Lipinski definition) is 1. The van der Waals surface area contributed by atoms with Crippen molar-refractivity contribution in [2.24, 2.45) is 5.73 Å². The molecule has 90 valence electrons. The molecule has 0 atom stereocenters. The van der Waals surface area contributed by atoms with E-state index in [-0.39, 0.29) is 5.82 Å². The summed E-state index contributed by atoms with van der Waals surface area (Å²) in [5.41, 5.74) is 7.31. The SMILES string of the molecule is CN(Cc1csc(CN)n1)c1cccc(F)c1. The van der Waals surface area contributed by atoms with Crippen LogP contribution in [0.15, 0.2) is 29.6 Å². The van der Waals surface area contributed by atoms with E-state index in [4.69, 9.17) is 5.73 Å². The highest BCUT2D eigenvalue weighted by atomic mass is 32.1. The van der Waals surface area contributed by atoms with Gasteiger partial charge in [0.1, 0.15) is 10.8 Å². The minimum atomic E-state index is -0.227. The normalized spacial score (nSPS) is 10.5. The molecule has 1 aromatic heterocycles. The Hall–Kier alpha value is -1.46. The molecule has 17 heavy (non-hydrogen) atoms. The van der Waals surface area contributed by atoms with E-state index in [0.717, 1.165) is 16.4 Å². The van der Waals surface area contributed by atoms with Crippen molar-refractivity contribution in [3.05, 3.63) is 46.2 Å². The number of hydrogen-bond acceptors (Lipinski definition) is 4. The summed E-state index contributed by atoms with van der Waals surface area (Å²) in [6, 6.07) is 6.52. The molecule has 5 heteroatoms. The summed E-state index contributed by atoms with van der Waals surface area (Å²) in [5.74, 6) is -0.227. The second-order valence-corrected chi connectivity index (χ2v) is 4.72. The first kappa shape index (κ1) is 12.0. The van der Waals surface area contributed by atoms with Crippen molar-refractivity contribution >= 4 is 17.0 Å². The van der Waals surface area contributed by atoms with E-state index in [1.807, 2.05) is 23.4 Å². The summed E-state index contributed by atoms with van der Waals surface area (Å²) < 4.78 is 13.1. The number of nitrogens with zero attached hydrogens (tertiary/aromatic N) is 2. The first-order valence-electron chi connectivity index (χ1n) is 5.29. The van der Waals surface area contributed by atoms with Crippen molar-refractivity contribution in [1.29, 1.82) is 0 Å². The highest BCUT2D eigenvalue weighted by molar-refractivity contribution is 7.09. The van der Waals surface area contributed by atoms with Crippen molar-refractivity contribution in [3.8, 4) is 0 Å². The van der Waals surface area contributed by atoms with Crippen LogP contribution in [0.5, 0.6) is 0 Å². The van der Waals surface area contributed by atoms with Crippen molar-refractivity contribution in [3.63, 3.8) is 0 Å². The van der Waals surface area contributed by atoms with Crippen LogP contribution in [0.4, 0.5) is 10.1 Å². The van der Waals surface area contributed by atoms with E-state index in [1.165, 1.54) is 12.1 Å². The number of thiazole rings is 1. The summed E-state index contributed by atoms with van der Waals surface area (Å²) >= 11 is 1.55. The average molecular weight is 251 g/mol. The molecule has 0 bridgehead atoms. The topological polar surface area (TPSA) is 42.1 Å². The fraction of sp³-hybridized carbons (Fsp3) is 0.250. The minimum Gasteiger partial charge on any atom is -0.369 e. The fourth-order valence-electron chi connectivity index (χ4n) is 1.56. The van der Waals surface area contributed by atoms with Gasteiger partial charge in [-0.1, -0.05) is 6.07 Å². The van der Waals surface area contributed by atoms with Gasteiger partial charge in [-0.15, -0.1) is 11.3 Å². The molecule has 0 radical (unpaired) electrons. The number of aromatic nitrogens is 1. The molecule has 0 saturated carbocycles. The lowest BCUT2D eigenvalue weighted by Gasteiger charge is -2.17. The van der Waals surface area contributed by atoms with Crippen LogP contribution in [-0.2, 0) is 13.1 Å². The van der Waals surface area contributed by atoms with Crippen LogP contribution in [0.3, 0.4) is 0 Å². The zero-order valence-corrected chi connectivity index (χ0v) is 10.4. The maximum Gasteiger partial charge on any atom is 0.125 e. The monoisotopic (exact) mass is 251 g/mol. The Morgan fingerprint density at radius 2 is 2.29 bits per heavy atom. The van der Waals surface area contributed by atoms with Crippen LogP contribution >= 0.6 is 11.3 Å². The second kappa shape index (κ2) is 5.25. The Labute approximate surface area is 104 Å². The van der Waals surface area contributed by atoms with Crippen molar-refractivity contribution < 1.29 is 4.39 Å². The van der Waals surface area contributed by atoms with Crippen LogP contribution in [0, 0.1) is 5.82 Å². The minimum absolute atomic E-state index is 0.227. The van der Waals surface area contributed by atoms with E-state index < -0.39 is 0 Å². The van der Waals surface area contributed by atoms with Gasteiger partial charge in [0, 0.05) is 24.7 Å². The van der Waals surface area contributed by atoms with Crippen molar-refractivity contribution in [2.75, 3.05) is 11.9 Å². The molecule has 0 fully saturated rings. The van der Waals surface area contributed by atoms with Crippen LogP contribution in [0.25, 0.3) is 0 Å². The van der Waals surface area contributed by atoms with Crippen LogP contribution < -0.4 is 10.6 Å². The van der Waals surface area contributed by atoms with E-state index >= 15 is 0 Å². The molecule has 2 rings (SSSR count). The molecular weight excluding hydrogens is 237 g/mol. The highest BCUT2D eigenvalue weighted by Gasteiger charge is 2.06. The Balaban J connectivity index is 2.08. The number of halogens is 1. The maximum atomic E-state index is 13.1. The zero-order chi connectivity index (χ0) is 12.3. The number of benzene rings is 1. The van der Waals surface area contributed by atoms with Gasteiger partial charge in [-0.3, -0.25) is 0 Å². The summed E-state index contributed by atoms with van der Waals surface area (Å²) in [4.78, 5) is 6.33. The van der Waals surface area contributed by atoms with E-state index in [2.05, 4.69) is 4.98 Å². The Morgan fingerprint density at radius 1 is 1.47 bits per heavy atom. The maximum absolute atomic E-state index is 13.1. The number of rotatable bonds is 4. The number of nitrogens with two attached hydrogens (primary N) is 1. The summed E-state index contributed by atoms with van der Waals surface area (Å²) in [7, 11) is 1.91. The molecule has 0 aliphatic carbocycles. The standard InChI is InChI=1S/C12H14FN3S/c1-16(11-4-2-3-9(13)5-11)7-10-8-17-12(6-14)15-10/h2-5,8H,6-7,14H2,1H3. The Bertz CT molecular complexity index is 498. The quantitative estimate of drug-likeness (QED) is 0.907. The van der Waals surface area contributed by atoms with Crippen LogP contribution in [0.1, 0.15) is 10.7 Å². The first-order valence-corrected chi connectivity index (χ1v) is 6.17. The third-order valence-corrected chi connectivity index (χ3v) is 3.34. The van der Waals surface area contributed by atoms with Gasteiger partial charge in [-0.05, 0) is 18.2 Å². The Morgan fingerprint density at radius 3 is 2.94 bits per heavy atom. The summed E-state index contributed by atoms with van der Waals surface area (Å²) in [6.45, 7) is 1.12. The van der Waals surface area contributed by atoms with Crippen LogP contribution in [0.2, 0.25) is 0 Å². The highest BCUT2D eigenvalue weighted by Crippen LogP contribution is 2.17. The van der Waals surface area contributed by atoms with Crippen LogP contribution in [-0.4, -0.2) is 12.0 Å². The van der Waals surface area contributed by atoms with Crippen molar-refractivity contribution in [2.45, 2.75) is 13.1 Å². The molecule has 2 aromatic rings. The molecule has 0 amide bonds. The molecular formula is C12H14FN3S. The fourth-order valence-corrected chi connectivity index (χ4v) is 2.23. The molecule has 1 aromatic carbocycles. The first-order chi connectivity index (χ1) is 8.19. The predicted octanol–water partition coefficient (Wildman–Crippen LogP) is 2.38. The molecule has 0 aliphatic heterocycles. The third kappa shape index (κ3) is 3.01. The van der Waals surface area contributed by atoms with Gasteiger partial charge in [0.15, 0.2) is 0 Å². The lowest BCUT2D eigenvalue weighted by molar-refractivity contribution is 0.627. The third-order valence-electron chi connectivity index (χ3n) is 2.42. The average Bonchev–Trinajstić information content (AvgIpc) is 2.77. The largest absolute Gasteiger partial charge is 0.369 e. The van der Waals surface area contributed by atoms with Gasteiger partial charge in [-0.25, -0.2) is 9.37 Å². The molecule has 0 spiro atoms. The van der Waals surface area contributed by atoms with E-state index in [0.29, 0.717) is 13.1 Å². The molecule has 1 heterocycles. The molecule has 0 saturated heterocycles. The second-order valence-electron chi connectivity index (χ2n) is 3.77. The molecule has 3 nitrogen and oxygen atoms in total.